The van der Waals surface area contributed by atoms with Crippen LogP contribution in [0.1, 0.15) is 21.7 Å². The Balaban J connectivity index is 2.03. The number of hydrogen-bond donors (Lipinski definition) is 1. The molecule has 0 aliphatic carbocycles. The number of hydrogen-bond acceptors (Lipinski definition) is 2. The van der Waals surface area contributed by atoms with E-state index < -0.39 is 17.6 Å². The number of nitrogens with zero attached hydrogens (tertiary/aromatic N) is 2. The summed E-state index contributed by atoms with van der Waals surface area (Å²) in [5, 5.41) is 2.34. The van der Waals surface area contributed by atoms with Crippen LogP contribution in [0.2, 0.25) is 0 Å². The second kappa shape index (κ2) is 5.94. The normalized spacial score (nSPS) is 11.7. The number of benzene rings is 1. The Kier molecular flexibility index (Phi) is 4.08. The summed E-state index contributed by atoms with van der Waals surface area (Å²) < 4.78 is 41.4. The van der Waals surface area contributed by atoms with Gasteiger partial charge in [-0.3, -0.25) is 9.20 Å². The molecule has 1 aromatic carbocycles. The van der Waals surface area contributed by atoms with Crippen molar-refractivity contribution in [3.63, 3.8) is 0 Å². The second-order valence-electron chi connectivity index (χ2n) is 5.12. The van der Waals surface area contributed by atoms with E-state index in [1.54, 1.807) is 25.3 Å². The number of anilines is 1. The first-order valence-electron chi connectivity index (χ1n) is 6.89. The highest BCUT2D eigenvalue weighted by Gasteiger charge is 2.34. The predicted octanol–water partition coefficient (Wildman–Crippen LogP) is 4.68. The molecular formula is C16H11BrF3N3O. The first-order chi connectivity index (χ1) is 11.3. The van der Waals surface area contributed by atoms with Crippen LogP contribution in [0.25, 0.3) is 5.65 Å². The van der Waals surface area contributed by atoms with Crippen molar-refractivity contribution in [2.45, 2.75) is 13.1 Å². The maximum Gasteiger partial charge on any atom is 0.418 e. The lowest BCUT2D eigenvalue weighted by atomic mass is 10.1. The fraction of sp³-hybridized carbons (Fsp3) is 0.125. The Hall–Kier alpha value is -2.35. The van der Waals surface area contributed by atoms with Crippen molar-refractivity contribution in [3.8, 4) is 0 Å². The molecule has 0 radical (unpaired) electrons. The van der Waals surface area contributed by atoms with E-state index in [1.807, 2.05) is 0 Å². The molecule has 1 N–H and O–H groups in total. The number of fused-ring (bicyclic) bond motifs is 1. The molecule has 0 bridgehead atoms. The summed E-state index contributed by atoms with van der Waals surface area (Å²) in [4.78, 5) is 16.8. The lowest BCUT2D eigenvalue weighted by molar-refractivity contribution is -0.136. The van der Waals surface area contributed by atoms with E-state index in [9.17, 15) is 18.0 Å². The third-order valence-electron chi connectivity index (χ3n) is 3.45. The average molecular weight is 398 g/mol. The molecular weight excluding hydrogens is 387 g/mol. The molecule has 0 saturated carbocycles. The number of para-hydroxylation sites is 1. The van der Waals surface area contributed by atoms with Gasteiger partial charge >= 0.3 is 6.18 Å². The zero-order chi connectivity index (χ0) is 17.5. The van der Waals surface area contributed by atoms with Gasteiger partial charge in [0.25, 0.3) is 5.91 Å². The fourth-order valence-electron chi connectivity index (χ4n) is 2.43. The molecule has 0 aliphatic rings. The van der Waals surface area contributed by atoms with Crippen LogP contribution < -0.4 is 5.32 Å². The first-order valence-corrected chi connectivity index (χ1v) is 7.68. The van der Waals surface area contributed by atoms with Crippen molar-refractivity contribution >= 4 is 33.2 Å². The van der Waals surface area contributed by atoms with E-state index in [0.29, 0.717) is 11.3 Å². The highest BCUT2D eigenvalue weighted by Crippen LogP contribution is 2.34. The lowest BCUT2D eigenvalue weighted by Crippen LogP contribution is -2.18. The van der Waals surface area contributed by atoms with E-state index in [2.05, 4.69) is 26.2 Å². The van der Waals surface area contributed by atoms with Gasteiger partial charge in [-0.1, -0.05) is 12.1 Å². The van der Waals surface area contributed by atoms with Crippen LogP contribution in [0.3, 0.4) is 0 Å². The zero-order valence-electron chi connectivity index (χ0n) is 12.4. The van der Waals surface area contributed by atoms with Crippen LogP contribution in [0.4, 0.5) is 18.9 Å². The number of alkyl halides is 3. The van der Waals surface area contributed by atoms with Crippen LogP contribution in [0.5, 0.6) is 0 Å². The molecule has 0 unspecified atom stereocenters. The van der Waals surface area contributed by atoms with Crippen molar-refractivity contribution in [3.05, 3.63) is 64.0 Å². The maximum absolute atomic E-state index is 13.1. The average Bonchev–Trinajstić information content (AvgIpc) is 2.82. The Morgan fingerprint density at radius 1 is 1.21 bits per heavy atom. The molecule has 3 rings (SSSR count). The highest BCUT2D eigenvalue weighted by molar-refractivity contribution is 9.10. The van der Waals surface area contributed by atoms with Crippen molar-refractivity contribution in [1.82, 2.24) is 9.38 Å². The number of amides is 1. The monoisotopic (exact) mass is 397 g/mol. The smallest absolute Gasteiger partial charge is 0.320 e. The molecule has 0 fully saturated rings. The van der Waals surface area contributed by atoms with Gasteiger partial charge in [-0.25, -0.2) is 4.98 Å². The number of halogens is 4. The molecule has 4 nitrogen and oxygen atoms in total. The minimum Gasteiger partial charge on any atom is -0.320 e. The molecule has 124 valence electrons. The number of pyridine rings is 1. The second-order valence-corrected chi connectivity index (χ2v) is 6.03. The number of rotatable bonds is 2. The number of carbonyl (C=O) groups is 1. The summed E-state index contributed by atoms with van der Waals surface area (Å²) in [5.74, 6) is -0.658. The summed E-state index contributed by atoms with van der Waals surface area (Å²) in [6.07, 6.45) is -2.92. The lowest BCUT2D eigenvalue weighted by Gasteiger charge is -2.13. The van der Waals surface area contributed by atoms with Crippen LogP contribution in [-0.4, -0.2) is 15.3 Å². The first kappa shape index (κ1) is 16.5. The number of aryl methyl sites for hydroxylation is 1. The van der Waals surface area contributed by atoms with Gasteiger partial charge in [0, 0.05) is 10.7 Å². The van der Waals surface area contributed by atoms with Gasteiger partial charge in [0.2, 0.25) is 0 Å². The van der Waals surface area contributed by atoms with Gasteiger partial charge < -0.3 is 5.32 Å². The summed E-state index contributed by atoms with van der Waals surface area (Å²) in [7, 11) is 0. The number of imidazole rings is 1. The van der Waals surface area contributed by atoms with Crippen LogP contribution >= 0.6 is 15.9 Å². The van der Waals surface area contributed by atoms with Gasteiger partial charge in [0.1, 0.15) is 11.3 Å². The number of carbonyl (C=O) groups excluding carboxylic acids is 1. The van der Waals surface area contributed by atoms with Gasteiger partial charge in [0.05, 0.1) is 16.9 Å². The van der Waals surface area contributed by atoms with Crippen molar-refractivity contribution in [1.29, 1.82) is 0 Å². The van der Waals surface area contributed by atoms with Gasteiger partial charge in [-0.05, 0) is 47.1 Å². The topological polar surface area (TPSA) is 46.4 Å². The van der Waals surface area contributed by atoms with E-state index in [1.165, 1.54) is 22.6 Å². The molecule has 0 spiro atoms. The van der Waals surface area contributed by atoms with Gasteiger partial charge in [-0.2, -0.15) is 13.2 Å². The molecule has 1 amide bonds. The molecule has 0 aliphatic heterocycles. The molecule has 0 atom stereocenters. The van der Waals surface area contributed by atoms with E-state index in [0.717, 1.165) is 10.5 Å². The Bertz CT molecular complexity index is 934. The van der Waals surface area contributed by atoms with Crippen molar-refractivity contribution in [2.75, 3.05) is 5.32 Å². The largest absolute Gasteiger partial charge is 0.418 e. The molecule has 0 saturated heterocycles. The number of aromatic nitrogens is 2. The third-order valence-corrected chi connectivity index (χ3v) is 3.92. The van der Waals surface area contributed by atoms with Gasteiger partial charge in [-0.15, -0.1) is 0 Å². The molecule has 8 heteroatoms. The molecule has 2 heterocycles. The highest BCUT2D eigenvalue weighted by atomic mass is 79.9. The summed E-state index contributed by atoms with van der Waals surface area (Å²) in [5.41, 5.74) is -0.0475. The van der Waals surface area contributed by atoms with Gasteiger partial charge in [0.15, 0.2) is 0 Å². The Morgan fingerprint density at radius 2 is 1.92 bits per heavy atom. The van der Waals surface area contributed by atoms with E-state index in [4.69, 9.17) is 0 Å². The van der Waals surface area contributed by atoms with E-state index >= 15 is 0 Å². The molecule has 3 aromatic rings. The number of nitrogens with one attached hydrogen (secondary N) is 1. The Morgan fingerprint density at radius 3 is 2.62 bits per heavy atom. The zero-order valence-corrected chi connectivity index (χ0v) is 13.9. The fourth-order valence-corrected chi connectivity index (χ4v) is 2.77. The maximum atomic E-state index is 13.1. The van der Waals surface area contributed by atoms with E-state index in [-0.39, 0.29) is 11.4 Å². The van der Waals surface area contributed by atoms with Crippen molar-refractivity contribution in [2.24, 2.45) is 0 Å². The van der Waals surface area contributed by atoms with Crippen LogP contribution in [-0.2, 0) is 6.18 Å². The SMILES string of the molecule is Cc1nc2ccc(Br)cn2c1C(=O)Nc1ccccc1C(F)(F)F. The predicted molar refractivity (Wildman–Crippen MR) is 87.0 cm³/mol. The van der Waals surface area contributed by atoms with Crippen LogP contribution in [0, 0.1) is 6.92 Å². The summed E-state index contributed by atoms with van der Waals surface area (Å²) in [6, 6.07) is 8.32. The molecule has 2 aromatic heterocycles. The summed E-state index contributed by atoms with van der Waals surface area (Å²) in [6.45, 7) is 1.63. The quantitative estimate of drug-likeness (QED) is 0.682. The summed E-state index contributed by atoms with van der Waals surface area (Å²) >= 11 is 3.30. The van der Waals surface area contributed by atoms with Crippen molar-refractivity contribution < 1.29 is 18.0 Å². The van der Waals surface area contributed by atoms with Crippen LogP contribution in [0.15, 0.2) is 47.1 Å². The minimum absolute atomic E-state index is 0.184. The standard InChI is InChI=1S/C16H11BrF3N3O/c1-9-14(23-8-10(17)6-7-13(23)21-9)15(24)22-12-5-3-2-4-11(12)16(18,19)20/h2-8H,1H3,(H,22,24). The third kappa shape index (κ3) is 3.01. The molecule has 24 heavy (non-hydrogen) atoms. The Labute approximate surface area is 143 Å². The minimum atomic E-state index is -4.55.